The molecule has 0 unspecified atom stereocenters. The van der Waals surface area contributed by atoms with E-state index in [1.54, 1.807) is 48.5 Å². The fraction of sp³-hybridized carbons (Fsp3) is 0.350. The third kappa shape index (κ3) is 5.56. The summed E-state index contributed by atoms with van der Waals surface area (Å²) < 4.78 is 28.4. The molecule has 1 atom stereocenters. The Morgan fingerprint density at radius 2 is 1.74 bits per heavy atom. The summed E-state index contributed by atoms with van der Waals surface area (Å²) in [6.07, 6.45) is 0. The number of halogens is 1. The van der Waals surface area contributed by atoms with Crippen LogP contribution in [0.3, 0.4) is 0 Å². The number of amides is 1. The molecule has 2 aromatic carbocycles. The van der Waals surface area contributed by atoms with Gasteiger partial charge in [-0.2, -0.15) is 0 Å². The Kier molecular flexibility index (Phi) is 7.06. The van der Waals surface area contributed by atoms with Crippen molar-refractivity contribution in [3.05, 3.63) is 58.6 Å². The average molecular weight is 453 g/mol. The van der Waals surface area contributed by atoms with Gasteiger partial charge in [-0.1, -0.05) is 53.5 Å². The quantitative estimate of drug-likeness (QED) is 0.686. The number of sulfonamides is 1. The highest BCUT2D eigenvalue weighted by Crippen LogP contribution is 2.26. The standard InChI is InChI=1S/C20H25BrN2O3S/c1-14(2)16(4)22-20(24)13-23(18-7-5-6-17(21)12-18)27(25,26)19-10-8-15(3)9-11-19/h5-12,14,16H,13H2,1-4H3,(H,22,24)/t16-/m0/s1. The van der Waals surface area contributed by atoms with Gasteiger partial charge in [-0.3, -0.25) is 9.10 Å². The van der Waals surface area contributed by atoms with Crippen molar-refractivity contribution in [2.24, 2.45) is 5.92 Å². The Labute approximate surface area is 170 Å². The summed E-state index contributed by atoms with van der Waals surface area (Å²) in [6.45, 7) is 7.51. The summed E-state index contributed by atoms with van der Waals surface area (Å²) in [5.74, 6) is -0.0890. The zero-order chi connectivity index (χ0) is 20.2. The normalized spacial score (nSPS) is 12.7. The van der Waals surface area contributed by atoms with Crippen molar-refractivity contribution >= 4 is 37.5 Å². The maximum Gasteiger partial charge on any atom is 0.264 e. The Hall–Kier alpha value is -1.86. The minimum atomic E-state index is -3.89. The molecule has 0 saturated heterocycles. The topological polar surface area (TPSA) is 66.5 Å². The van der Waals surface area contributed by atoms with Gasteiger partial charge in [0.05, 0.1) is 10.6 Å². The molecular formula is C20H25BrN2O3S. The molecule has 2 rings (SSSR count). The van der Waals surface area contributed by atoms with E-state index in [9.17, 15) is 13.2 Å². The molecule has 2 aromatic rings. The van der Waals surface area contributed by atoms with Crippen molar-refractivity contribution in [3.8, 4) is 0 Å². The van der Waals surface area contributed by atoms with Gasteiger partial charge in [0.15, 0.2) is 0 Å². The first-order valence-corrected chi connectivity index (χ1v) is 11.0. The number of hydrogen-bond acceptors (Lipinski definition) is 3. The second-order valence-corrected chi connectivity index (χ2v) is 9.68. The van der Waals surface area contributed by atoms with Crippen LogP contribution in [0.2, 0.25) is 0 Å². The number of nitrogens with one attached hydrogen (secondary N) is 1. The molecule has 0 radical (unpaired) electrons. The summed E-state index contributed by atoms with van der Waals surface area (Å²) >= 11 is 3.37. The Balaban J connectivity index is 2.41. The van der Waals surface area contributed by atoms with Crippen LogP contribution in [0.4, 0.5) is 5.69 Å². The summed E-state index contributed by atoms with van der Waals surface area (Å²) in [5.41, 5.74) is 1.39. The predicted octanol–water partition coefficient (Wildman–Crippen LogP) is 4.11. The Bertz CT molecular complexity index is 896. The maximum absolute atomic E-state index is 13.2. The number of nitrogens with zero attached hydrogens (tertiary/aromatic N) is 1. The largest absolute Gasteiger partial charge is 0.352 e. The predicted molar refractivity (Wildman–Crippen MR) is 112 cm³/mol. The van der Waals surface area contributed by atoms with Crippen molar-refractivity contribution in [2.75, 3.05) is 10.8 Å². The van der Waals surface area contributed by atoms with Crippen LogP contribution in [0.15, 0.2) is 57.9 Å². The van der Waals surface area contributed by atoms with Crippen molar-refractivity contribution in [1.29, 1.82) is 0 Å². The second-order valence-electron chi connectivity index (χ2n) is 6.90. The van der Waals surface area contributed by atoms with Crippen LogP contribution in [0.25, 0.3) is 0 Å². The number of carbonyl (C=O) groups is 1. The van der Waals surface area contributed by atoms with E-state index >= 15 is 0 Å². The van der Waals surface area contributed by atoms with E-state index in [0.29, 0.717) is 5.69 Å². The van der Waals surface area contributed by atoms with E-state index in [2.05, 4.69) is 21.2 Å². The van der Waals surface area contributed by atoms with Gasteiger partial charge in [0.25, 0.3) is 10.0 Å². The molecule has 0 heterocycles. The minimum absolute atomic E-state index is 0.0519. The third-order valence-electron chi connectivity index (χ3n) is 4.38. The lowest BCUT2D eigenvalue weighted by Gasteiger charge is -2.26. The average Bonchev–Trinajstić information content (AvgIpc) is 2.59. The zero-order valence-corrected chi connectivity index (χ0v) is 18.3. The van der Waals surface area contributed by atoms with Crippen LogP contribution < -0.4 is 9.62 Å². The highest BCUT2D eigenvalue weighted by Gasteiger charge is 2.28. The molecule has 0 saturated carbocycles. The van der Waals surface area contributed by atoms with Gasteiger partial charge in [-0.25, -0.2) is 8.42 Å². The lowest BCUT2D eigenvalue weighted by Crippen LogP contribution is -2.45. The molecule has 1 amide bonds. The first-order chi connectivity index (χ1) is 12.6. The van der Waals surface area contributed by atoms with E-state index in [4.69, 9.17) is 0 Å². The van der Waals surface area contributed by atoms with E-state index in [-0.39, 0.29) is 29.3 Å². The Morgan fingerprint density at radius 3 is 2.30 bits per heavy atom. The van der Waals surface area contributed by atoms with Crippen LogP contribution in [-0.2, 0) is 14.8 Å². The van der Waals surface area contributed by atoms with E-state index in [1.807, 2.05) is 27.7 Å². The molecule has 0 aromatic heterocycles. The van der Waals surface area contributed by atoms with Gasteiger partial charge in [0.2, 0.25) is 5.91 Å². The van der Waals surface area contributed by atoms with E-state index in [0.717, 1.165) is 14.3 Å². The van der Waals surface area contributed by atoms with Gasteiger partial charge in [0, 0.05) is 10.5 Å². The SMILES string of the molecule is Cc1ccc(S(=O)(=O)N(CC(=O)N[C@@H](C)C(C)C)c2cccc(Br)c2)cc1. The summed E-state index contributed by atoms with van der Waals surface area (Å²) in [6, 6.07) is 13.5. The molecule has 5 nitrogen and oxygen atoms in total. The van der Waals surface area contributed by atoms with Crippen LogP contribution in [0, 0.1) is 12.8 Å². The number of anilines is 1. The summed E-state index contributed by atoms with van der Waals surface area (Å²) in [4.78, 5) is 12.7. The van der Waals surface area contributed by atoms with E-state index in [1.165, 1.54) is 0 Å². The number of benzene rings is 2. The fourth-order valence-electron chi connectivity index (χ4n) is 2.38. The molecule has 7 heteroatoms. The number of hydrogen-bond donors (Lipinski definition) is 1. The molecule has 0 aliphatic carbocycles. The number of rotatable bonds is 7. The van der Waals surface area contributed by atoms with Crippen molar-refractivity contribution in [2.45, 2.75) is 38.6 Å². The first kappa shape index (κ1) is 21.4. The number of carbonyl (C=O) groups excluding carboxylic acids is 1. The van der Waals surface area contributed by atoms with Crippen LogP contribution in [0.1, 0.15) is 26.3 Å². The van der Waals surface area contributed by atoms with Gasteiger partial charge in [0.1, 0.15) is 6.54 Å². The first-order valence-electron chi connectivity index (χ1n) is 8.75. The monoisotopic (exact) mass is 452 g/mol. The van der Waals surface area contributed by atoms with Crippen molar-refractivity contribution in [3.63, 3.8) is 0 Å². The molecule has 0 spiro atoms. The lowest BCUT2D eigenvalue weighted by atomic mass is 10.1. The summed E-state index contributed by atoms with van der Waals surface area (Å²) in [7, 11) is -3.89. The molecule has 0 aliphatic rings. The highest BCUT2D eigenvalue weighted by atomic mass is 79.9. The third-order valence-corrected chi connectivity index (χ3v) is 6.66. The highest BCUT2D eigenvalue weighted by molar-refractivity contribution is 9.10. The molecule has 27 heavy (non-hydrogen) atoms. The smallest absolute Gasteiger partial charge is 0.264 e. The van der Waals surface area contributed by atoms with E-state index < -0.39 is 10.0 Å². The van der Waals surface area contributed by atoms with Gasteiger partial charge in [-0.05, 0) is 50.1 Å². The molecule has 1 N–H and O–H groups in total. The minimum Gasteiger partial charge on any atom is -0.352 e. The summed E-state index contributed by atoms with van der Waals surface area (Å²) in [5, 5.41) is 2.87. The molecule has 0 fully saturated rings. The molecule has 146 valence electrons. The van der Waals surface area contributed by atoms with Crippen LogP contribution >= 0.6 is 15.9 Å². The van der Waals surface area contributed by atoms with Crippen LogP contribution in [-0.4, -0.2) is 26.9 Å². The van der Waals surface area contributed by atoms with Gasteiger partial charge >= 0.3 is 0 Å². The van der Waals surface area contributed by atoms with Crippen molar-refractivity contribution in [1.82, 2.24) is 5.32 Å². The molecule has 0 bridgehead atoms. The maximum atomic E-state index is 13.2. The van der Waals surface area contributed by atoms with Crippen molar-refractivity contribution < 1.29 is 13.2 Å². The van der Waals surface area contributed by atoms with Gasteiger partial charge < -0.3 is 5.32 Å². The molecule has 0 aliphatic heterocycles. The zero-order valence-electron chi connectivity index (χ0n) is 15.9. The van der Waals surface area contributed by atoms with Crippen LogP contribution in [0.5, 0.6) is 0 Å². The van der Waals surface area contributed by atoms with Gasteiger partial charge in [-0.15, -0.1) is 0 Å². The molecular weight excluding hydrogens is 428 g/mol. The fourth-order valence-corrected chi connectivity index (χ4v) is 4.18. The second kappa shape index (κ2) is 8.89. The lowest BCUT2D eigenvalue weighted by molar-refractivity contribution is -0.120. The Morgan fingerprint density at radius 1 is 1.11 bits per heavy atom. The number of aryl methyl sites for hydroxylation is 1.